The molecule has 2 aliphatic carbocycles. The van der Waals surface area contributed by atoms with E-state index in [9.17, 15) is 31.5 Å². The summed E-state index contributed by atoms with van der Waals surface area (Å²) in [5.41, 5.74) is -2.35. The van der Waals surface area contributed by atoms with Gasteiger partial charge in [0.2, 0.25) is 5.92 Å². The summed E-state index contributed by atoms with van der Waals surface area (Å²) in [5, 5.41) is 10.3. The monoisotopic (exact) mass is 596 g/mol. The summed E-state index contributed by atoms with van der Waals surface area (Å²) in [6.07, 6.45) is -0.548. The third-order valence-electron chi connectivity index (χ3n) is 7.37. The van der Waals surface area contributed by atoms with Crippen LogP contribution in [0.3, 0.4) is 0 Å². The summed E-state index contributed by atoms with van der Waals surface area (Å²) < 4.78 is 70.5. The molecule has 13 heteroatoms. The molecule has 2 fully saturated rings. The molecule has 2 saturated carbocycles. The Morgan fingerprint density at radius 2 is 1.77 bits per heavy atom. The molecule has 0 saturated heterocycles. The van der Waals surface area contributed by atoms with Crippen molar-refractivity contribution in [1.29, 1.82) is 5.41 Å². The van der Waals surface area contributed by atoms with E-state index in [4.69, 9.17) is 28.6 Å². The van der Waals surface area contributed by atoms with Crippen LogP contribution < -0.4 is 5.32 Å². The smallest absolute Gasteiger partial charge is 0.378 e. The molecule has 216 valence electrons. The van der Waals surface area contributed by atoms with E-state index in [2.05, 4.69) is 10.3 Å². The van der Waals surface area contributed by atoms with Crippen LogP contribution in [-0.2, 0) is 9.59 Å². The molecule has 1 heterocycles. The molecule has 3 rings (SSSR count). The molecule has 6 nitrogen and oxygen atoms in total. The van der Waals surface area contributed by atoms with E-state index < -0.39 is 72.4 Å². The number of aliphatic imine (C=N–C) groups is 1. The molecule has 39 heavy (non-hydrogen) atoms. The molecular formula is C26H31Cl2F5N4O2. The van der Waals surface area contributed by atoms with Crippen molar-refractivity contribution in [1.82, 2.24) is 10.2 Å². The van der Waals surface area contributed by atoms with Gasteiger partial charge in [0.15, 0.2) is 5.78 Å². The number of Topliss-reactive ketones (excluding diaryl/α,β-unsaturated/α-hetero) is 1. The van der Waals surface area contributed by atoms with Crippen molar-refractivity contribution in [3.05, 3.63) is 33.1 Å². The van der Waals surface area contributed by atoms with Crippen LogP contribution in [0.25, 0.3) is 0 Å². The third-order valence-corrected chi connectivity index (χ3v) is 8.10. The number of hydrogen-bond donors (Lipinski definition) is 2. The Morgan fingerprint density at radius 1 is 1.15 bits per heavy atom. The minimum absolute atomic E-state index is 0.00476. The molecule has 2 N–H and O–H groups in total. The van der Waals surface area contributed by atoms with Gasteiger partial charge in [0.05, 0.1) is 17.2 Å². The number of nitrogens with one attached hydrogen (secondary N) is 2. The van der Waals surface area contributed by atoms with Gasteiger partial charge in [0.1, 0.15) is 5.70 Å². The van der Waals surface area contributed by atoms with Crippen LogP contribution in [0.4, 0.5) is 22.0 Å². The maximum atomic E-state index is 14.2. The van der Waals surface area contributed by atoms with Crippen LogP contribution in [0.1, 0.15) is 64.7 Å². The first-order valence-electron chi connectivity index (χ1n) is 12.8. The quantitative estimate of drug-likeness (QED) is 0.187. The highest BCUT2D eigenvalue weighted by molar-refractivity contribution is 6.42. The van der Waals surface area contributed by atoms with Gasteiger partial charge in [0.25, 0.3) is 5.91 Å². The lowest BCUT2D eigenvalue weighted by molar-refractivity contribution is -0.137. The molecule has 0 aromatic carbocycles. The van der Waals surface area contributed by atoms with Crippen molar-refractivity contribution >= 4 is 47.3 Å². The second kappa shape index (κ2) is 12.9. The molecule has 1 atom stereocenters. The SMILES string of the molecule is C[C@H]1C(Cl)=CN=CC(Cl)=C1C(=O)CN(C(=O)/C(C=N)=C(/NC1CCCCC1)C(F)(F)F)C1CCC(F)(F)CC1. The summed E-state index contributed by atoms with van der Waals surface area (Å²) in [6.45, 7) is 0.851. The molecular weight excluding hydrogens is 566 g/mol. The maximum Gasteiger partial charge on any atom is 0.431 e. The lowest BCUT2D eigenvalue weighted by atomic mass is 9.89. The number of rotatable bonds is 8. The summed E-state index contributed by atoms with van der Waals surface area (Å²) in [6, 6.07) is -1.48. The second-order valence-electron chi connectivity index (χ2n) is 10.1. The summed E-state index contributed by atoms with van der Waals surface area (Å²) in [4.78, 5) is 31.9. The van der Waals surface area contributed by atoms with E-state index in [1.165, 1.54) is 12.4 Å². The summed E-state index contributed by atoms with van der Waals surface area (Å²) >= 11 is 12.4. The number of carbonyl (C=O) groups is 2. The Hall–Kier alpha value is -2.27. The van der Waals surface area contributed by atoms with E-state index in [1.54, 1.807) is 6.92 Å². The highest BCUT2D eigenvalue weighted by Crippen LogP contribution is 2.37. The zero-order chi connectivity index (χ0) is 29.0. The topological polar surface area (TPSA) is 85.6 Å². The number of hydrogen-bond acceptors (Lipinski definition) is 5. The minimum atomic E-state index is -4.99. The van der Waals surface area contributed by atoms with Crippen molar-refractivity contribution in [2.24, 2.45) is 10.9 Å². The molecule has 3 aliphatic rings. The summed E-state index contributed by atoms with van der Waals surface area (Å²) in [5.74, 6) is -5.65. The number of ketones is 1. The normalized spacial score (nSPS) is 23.5. The second-order valence-corrected chi connectivity index (χ2v) is 11.0. The van der Waals surface area contributed by atoms with Crippen LogP contribution in [-0.4, -0.2) is 59.7 Å². The van der Waals surface area contributed by atoms with Gasteiger partial charge < -0.3 is 15.6 Å². The van der Waals surface area contributed by atoms with E-state index in [1.807, 2.05) is 0 Å². The lowest BCUT2D eigenvalue weighted by Gasteiger charge is -2.37. The van der Waals surface area contributed by atoms with Gasteiger partial charge in [-0.1, -0.05) is 49.4 Å². The van der Waals surface area contributed by atoms with Crippen LogP contribution in [0.5, 0.6) is 0 Å². The Balaban J connectivity index is 2.01. The van der Waals surface area contributed by atoms with Crippen molar-refractivity contribution in [3.8, 4) is 0 Å². The standard InChI is InChI=1S/C26H31Cl2F5N4O2/c1-15-19(27)12-35-13-20(28)22(15)21(38)14-37(17-7-9-25(29,30)10-8-17)24(39)18(11-34)23(26(31,32)33)36-16-5-3-2-4-6-16/h11-13,15-17,34,36H,2-10,14H2,1H3/b23-18+,34-11?/t15-/m0/s1. The summed E-state index contributed by atoms with van der Waals surface area (Å²) in [7, 11) is 0. The molecule has 0 radical (unpaired) electrons. The van der Waals surface area contributed by atoms with E-state index in [0.29, 0.717) is 19.1 Å². The molecule has 0 aromatic heterocycles. The third kappa shape index (κ3) is 7.90. The van der Waals surface area contributed by atoms with Crippen LogP contribution >= 0.6 is 23.2 Å². The van der Waals surface area contributed by atoms with E-state index in [-0.39, 0.29) is 28.5 Å². The van der Waals surface area contributed by atoms with Gasteiger partial charge in [-0.05, 0) is 25.7 Å². The number of allylic oxidation sites excluding steroid dienone is 3. The van der Waals surface area contributed by atoms with Crippen molar-refractivity contribution in [2.75, 3.05) is 6.54 Å². The highest BCUT2D eigenvalue weighted by atomic mass is 35.5. The van der Waals surface area contributed by atoms with Crippen LogP contribution in [0.2, 0.25) is 0 Å². The Morgan fingerprint density at radius 3 is 2.33 bits per heavy atom. The Bertz CT molecular complexity index is 1080. The van der Waals surface area contributed by atoms with Gasteiger partial charge in [-0.25, -0.2) is 8.78 Å². The predicted octanol–water partition coefficient (Wildman–Crippen LogP) is 6.64. The van der Waals surface area contributed by atoms with Crippen LogP contribution in [0, 0.1) is 11.3 Å². The number of nitrogens with zero attached hydrogens (tertiary/aromatic N) is 2. The zero-order valence-electron chi connectivity index (χ0n) is 21.4. The molecule has 1 amide bonds. The molecule has 0 spiro atoms. The molecule has 0 unspecified atom stereocenters. The number of alkyl halides is 5. The number of amides is 1. The van der Waals surface area contributed by atoms with Crippen LogP contribution in [0.15, 0.2) is 38.1 Å². The van der Waals surface area contributed by atoms with Crippen molar-refractivity contribution < 1.29 is 31.5 Å². The van der Waals surface area contributed by atoms with E-state index >= 15 is 0 Å². The van der Waals surface area contributed by atoms with Gasteiger partial charge in [-0.3, -0.25) is 14.6 Å². The number of carbonyl (C=O) groups excluding carboxylic acids is 2. The Kier molecular flexibility index (Phi) is 10.4. The van der Waals surface area contributed by atoms with Crippen molar-refractivity contribution in [3.63, 3.8) is 0 Å². The Labute approximate surface area is 233 Å². The highest BCUT2D eigenvalue weighted by Gasteiger charge is 2.43. The van der Waals surface area contributed by atoms with Gasteiger partial charge >= 0.3 is 6.18 Å². The first-order chi connectivity index (χ1) is 18.2. The average molecular weight is 597 g/mol. The first-order valence-corrected chi connectivity index (χ1v) is 13.6. The van der Waals surface area contributed by atoms with Gasteiger partial charge in [-0.15, -0.1) is 0 Å². The van der Waals surface area contributed by atoms with Gasteiger partial charge in [-0.2, -0.15) is 13.2 Å². The molecule has 0 bridgehead atoms. The fraction of sp³-hybridized carbons (Fsp3) is 0.615. The first kappa shape index (κ1) is 31.3. The predicted molar refractivity (Wildman–Crippen MR) is 140 cm³/mol. The van der Waals surface area contributed by atoms with E-state index in [0.717, 1.165) is 24.2 Å². The number of halogens is 7. The zero-order valence-corrected chi connectivity index (χ0v) is 22.9. The maximum absolute atomic E-state index is 14.2. The fourth-order valence-electron chi connectivity index (χ4n) is 5.18. The average Bonchev–Trinajstić information content (AvgIpc) is 2.99. The molecule has 0 aromatic rings. The van der Waals surface area contributed by atoms with Crippen molar-refractivity contribution in [2.45, 2.75) is 88.9 Å². The lowest BCUT2D eigenvalue weighted by Crippen LogP contribution is -2.49. The largest absolute Gasteiger partial charge is 0.431 e. The minimum Gasteiger partial charge on any atom is -0.378 e. The van der Waals surface area contributed by atoms with Gasteiger partial charge in [0, 0.05) is 60.1 Å². The fourth-order valence-corrected chi connectivity index (χ4v) is 5.67. The molecule has 1 aliphatic heterocycles.